The van der Waals surface area contributed by atoms with Crippen molar-refractivity contribution in [1.29, 1.82) is 0 Å². The van der Waals surface area contributed by atoms with Gasteiger partial charge >= 0.3 is 6.09 Å². The summed E-state index contributed by atoms with van der Waals surface area (Å²) in [6.07, 6.45) is -0.00998. The molecule has 1 N–H and O–H groups in total. The van der Waals surface area contributed by atoms with E-state index in [0.29, 0.717) is 21.3 Å². The molecule has 1 amide bonds. The lowest BCUT2D eigenvalue weighted by atomic mass is 10.1. The van der Waals surface area contributed by atoms with Gasteiger partial charge in [0, 0.05) is 9.50 Å². The topological polar surface area (TPSA) is 55.4 Å². The number of ether oxygens (including phenoxy) is 1. The van der Waals surface area contributed by atoms with E-state index in [1.807, 2.05) is 0 Å². The molecule has 0 radical (unpaired) electrons. The molecule has 0 aliphatic rings. The highest BCUT2D eigenvalue weighted by atomic mass is 79.9. The van der Waals surface area contributed by atoms with Crippen LogP contribution in [0.3, 0.4) is 0 Å². The molecule has 6 heteroatoms. The van der Waals surface area contributed by atoms with Gasteiger partial charge in [0.05, 0.1) is 0 Å². The summed E-state index contributed by atoms with van der Waals surface area (Å²) in [7, 11) is 0. The minimum Gasteiger partial charge on any atom is -0.444 e. The molecular formula is C13H15BrClNO3. The Morgan fingerprint density at radius 1 is 1.47 bits per heavy atom. The molecule has 0 saturated heterocycles. The molecule has 0 saturated carbocycles. The maximum atomic E-state index is 11.6. The van der Waals surface area contributed by atoms with Crippen molar-refractivity contribution in [1.82, 2.24) is 5.32 Å². The second-order valence-electron chi connectivity index (χ2n) is 4.93. The van der Waals surface area contributed by atoms with Gasteiger partial charge in [-0.05, 0) is 38.5 Å². The number of alkyl carbamates (subject to hydrolysis) is 1. The average Bonchev–Trinajstić information content (AvgIpc) is 2.24. The Morgan fingerprint density at radius 3 is 2.58 bits per heavy atom. The average molecular weight is 349 g/mol. The van der Waals surface area contributed by atoms with Gasteiger partial charge in [-0.25, -0.2) is 4.79 Å². The summed E-state index contributed by atoms with van der Waals surface area (Å²) < 4.78 is 5.75. The van der Waals surface area contributed by atoms with Gasteiger partial charge in [0.1, 0.15) is 17.9 Å². The van der Waals surface area contributed by atoms with E-state index in [9.17, 15) is 9.59 Å². The molecule has 1 atom stereocenters. The number of benzene rings is 1. The second kappa shape index (κ2) is 6.39. The largest absolute Gasteiger partial charge is 0.444 e. The highest BCUT2D eigenvalue weighted by Gasteiger charge is 2.21. The van der Waals surface area contributed by atoms with Crippen LogP contribution in [0.5, 0.6) is 0 Å². The first-order chi connectivity index (χ1) is 8.73. The van der Waals surface area contributed by atoms with Crippen LogP contribution >= 0.6 is 27.5 Å². The summed E-state index contributed by atoms with van der Waals surface area (Å²) in [5.41, 5.74) is -0.000343. The van der Waals surface area contributed by atoms with Crippen LogP contribution in [0.2, 0.25) is 5.02 Å². The molecule has 1 rings (SSSR count). The summed E-state index contributed by atoms with van der Waals surface area (Å²) in [4.78, 5) is 22.8. The SMILES string of the molecule is CC(C)(C)OC(=O)N[C@@H](C=O)c1ccc(Cl)cc1Br. The Hall–Kier alpha value is -1.07. The fourth-order valence-electron chi connectivity index (χ4n) is 1.37. The monoisotopic (exact) mass is 347 g/mol. The fraction of sp³-hybridized carbons (Fsp3) is 0.385. The lowest BCUT2D eigenvalue weighted by Gasteiger charge is -2.22. The van der Waals surface area contributed by atoms with Gasteiger partial charge in [-0.3, -0.25) is 0 Å². The Balaban J connectivity index is 2.84. The normalized spacial score (nSPS) is 12.7. The van der Waals surface area contributed by atoms with Crippen LogP contribution in [-0.2, 0) is 9.53 Å². The molecule has 19 heavy (non-hydrogen) atoms. The number of halogens is 2. The molecule has 0 heterocycles. The number of nitrogens with one attached hydrogen (secondary N) is 1. The van der Waals surface area contributed by atoms with E-state index in [1.165, 1.54) is 0 Å². The lowest BCUT2D eigenvalue weighted by Crippen LogP contribution is -2.35. The Bertz CT molecular complexity index is 485. The zero-order valence-electron chi connectivity index (χ0n) is 10.9. The predicted molar refractivity (Wildman–Crippen MR) is 77.3 cm³/mol. The van der Waals surface area contributed by atoms with Gasteiger partial charge in [-0.15, -0.1) is 0 Å². The number of aldehydes is 1. The number of rotatable bonds is 3. The predicted octanol–water partition coefficient (Wildman–Crippen LogP) is 3.87. The number of amides is 1. The van der Waals surface area contributed by atoms with Crippen molar-refractivity contribution in [3.05, 3.63) is 33.3 Å². The minimum atomic E-state index is -0.790. The van der Waals surface area contributed by atoms with E-state index in [1.54, 1.807) is 39.0 Å². The molecule has 1 aromatic carbocycles. The van der Waals surface area contributed by atoms with E-state index in [4.69, 9.17) is 16.3 Å². The zero-order chi connectivity index (χ0) is 14.6. The number of carbonyl (C=O) groups is 2. The van der Waals surface area contributed by atoms with Gasteiger partial charge < -0.3 is 14.8 Å². The van der Waals surface area contributed by atoms with E-state index in [0.717, 1.165) is 0 Å². The van der Waals surface area contributed by atoms with Gasteiger partial charge in [0.25, 0.3) is 0 Å². The Morgan fingerprint density at radius 2 is 2.11 bits per heavy atom. The van der Waals surface area contributed by atoms with Crippen LogP contribution in [-0.4, -0.2) is 18.0 Å². The molecule has 0 unspecified atom stereocenters. The van der Waals surface area contributed by atoms with Crippen molar-refractivity contribution in [3.63, 3.8) is 0 Å². The number of hydrogen-bond acceptors (Lipinski definition) is 3. The van der Waals surface area contributed by atoms with E-state index >= 15 is 0 Å². The molecule has 0 fully saturated rings. The van der Waals surface area contributed by atoms with Crippen LogP contribution in [0.25, 0.3) is 0 Å². The summed E-state index contributed by atoms with van der Waals surface area (Å²) in [5.74, 6) is 0. The molecule has 0 spiro atoms. The summed E-state index contributed by atoms with van der Waals surface area (Å²) >= 11 is 9.13. The molecule has 0 aliphatic heterocycles. The fourth-order valence-corrected chi connectivity index (χ4v) is 2.30. The third-order valence-electron chi connectivity index (χ3n) is 2.11. The van der Waals surface area contributed by atoms with Crippen molar-refractivity contribution in [2.75, 3.05) is 0 Å². The van der Waals surface area contributed by atoms with E-state index in [-0.39, 0.29) is 0 Å². The van der Waals surface area contributed by atoms with Crippen molar-refractivity contribution in [2.24, 2.45) is 0 Å². The Kier molecular flexibility index (Phi) is 5.38. The molecule has 0 bridgehead atoms. The highest BCUT2D eigenvalue weighted by molar-refractivity contribution is 9.10. The smallest absolute Gasteiger partial charge is 0.408 e. The van der Waals surface area contributed by atoms with Gasteiger partial charge in [0.2, 0.25) is 0 Å². The van der Waals surface area contributed by atoms with Gasteiger partial charge in [0.15, 0.2) is 0 Å². The molecule has 0 aliphatic carbocycles. The highest BCUT2D eigenvalue weighted by Crippen LogP contribution is 2.26. The lowest BCUT2D eigenvalue weighted by molar-refractivity contribution is -0.109. The van der Waals surface area contributed by atoms with Crippen LogP contribution in [0.4, 0.5) is 4.79 Å². The van der Waals surface area contributed by atoms with E-state index < -0.39 is 17.7 Å². The third-order valence-corrected chi connectivity index (χ3v) is 3.03. The first kappa shape index (κ1) is 16.0. The van der Waals surface area contributed by atoms with Gasteiger partial charge in [-0.2, -0.15) is 0 Å². The molecule has 104 valence electrons. The Labute approximate surface area is 125 Å². The van der Waals surface area contributed by atoms with Crippen LogP contribution < -0.4 is 5.32 Å². The second-order valence-corrected chi connectivity index (χ2v) is 6.22. The summed E-state index contributed by atoms with van der Waals surface area (Å²) in [6, 6.07) is 4.18. The van der Waals surface area contributed by atoms with Crippen LogP contribution in [0.1, 0.15) is 32.4 Å². The van der Waals surface area contributed by atoms with E-state index in [2.05, 4.69) is 21.2 Å². The first-order valence-electron chi connectivity index (χ1n) is 5.62. The molecule has 0 aromatic heterocycles. The zero-order valence-corrected chi connectivity index (χ0v) is 13.2. The molecule has 1 aromatic rings. The summed E-state index contributed by atoms with van der Waals surface area (Å²) in [5, 5.41) is 3.04. The number of hydrogen-bond donors (Lipinski definition) is 1. The van der Waals surface area contributed by atoms with Crippen LogP contribution in [0, 0.1) is 0 Å². The van der Waals surface area contributed by atoms with Crippen LogP contribution in [0.15, 0.2) is 22.7 Å². The standard InChI is InChI=1S/C13H15BrClNO3/c1-13(2,3)19-12(18)16-11(7-17)9-5-4-8(15)6-10(9)14/h4-7,11H,1-3H3,(H,16,18)/t11-/m0/s1. The summed E-state index contributed by atoms with van der Waals surface area (Å²) in [6.45, 7) is 5.25. The first-order valence-corrected chi connectivity index (χ1v) is 6.80. The van der Waals surface area contributed by atoms with Gasteiger partial charge in [-0.1, -0.05) is 33.6 Å². The van der Waals surface area contributed by atoms with Crippen molar-refractivity contribution < 1.29 is 14.3 Å². The quantitative estimate of drug-likeness (QED) is 0.844. The van der Waals surface area contributed by atoms with Crippen molar-refractivity contribution >= 4 is 39.9 Å². The van der Waals surface area contributed by atoms with Crippen molar-refractivity contribution in [2.45, 2.75) is 32.4 Å². The molecule has 4 nitrogen and oxygen atoms in total. The maximum Gasteiger partial charge on any atom is 0.408 e. The maximum absolute atomic E-state index is 11.6. The number of carbonyl (C=O) groups excluding carboxylic acids is 2. The minimum absolute atomic E-state index is 0.539. The molecular weight excluding hydrogens is 334 g/mol. The van der Waals surface area contributed by atoms with Crippen molar-refractivity contribution in [3.8, 4) is 0 Å². The third kappa shape index (κ3) is 5.20.